The number of ether oxygens (including phenoxy) is 2. The maximum atomic E-state index is 13.8. The van der Waals surface area contributed by atoms with Crippen molar-refractivity contribution in [3.05, 3.63) is 82.9 Å². The van der Waals surface area contributed by atoms with Crippen molar-refractivity contribution in [1.82, 2.24) is 19.8 Å². The first-order chi connectivity index (χ1) is 18.3. The number of hydrogen-bond donors (Lipinski definition) is 1. The molecular weight excluding hydrogens is 484 g/mol. The van der Waals surface area contributed by atoms with E-state index in [2.05, 4.69) is 17.2 Å². The fourth-order valence-electron chi connectivity index (χ4n) is 4.47. The van der Waals surface area contributed by atoms with Crippen LogP contribution in [0.5, 0.6) is 5.75 Å². The standard InChI is InChI=1S/C29H34N4O5/c1-5-6-15-38-23-13-11-22(12-14-23)17-33-26(34)25-24(27(35)37-4)31-19-32(25)18-29(33,3)28(36)30-16-21-9-7-20(2)8-10-21/h7-14,19H,5-6,15-18H2,1-4H3,(H,30,36). The van der Waals surface area contributed by atoms with Crippen molar-refractivity contribution in [2.75, 3.05) is 13.7 Å². The van der Waals surface area contributed by atoms with Crippen LogP contribution >= 0.6 is 0 Å². The fourth-order valence-corrected chi connectivity index (χ4v) is 4.47. The van der Waals surface area contributed by atoms with E-state index in [1.807, 2.05) is 55.5 Å². The zero-order valence-electron chi connectivity index (χ0n) is 22.3. The maximum absolute atomic E-state index is 13.8. The third-order valence-electron chi connectivity index (χ3n) is 6.83. The van der Waals surface area contributed by atoms with Crippen LogP contribution in [0.3, 0.4) is 0 Å². The van der Waals surface area contributed by atoms with E-state index in [1.165, 1.54) is 18.3 Å². The molecule has 38 heavy (non-hydrogen) atoms. The second kappa shape index (κ2) is 11.5. The summed E-state index contributed by atoms with van der Waals surface area (Å²) in [6.07, 6.45) is 3.42. The molecule has 9 nitrogen and oxygen atoms in total. The molecule has 2 aromatic carbocycles. The fraction of sp³-hybridized carbons (Fsp3) is 0.379. The lowest BCUT2D eigenvalue weighted by Crippen LogP contribution is -2.63. The molecule has 4 rings (SSSR count). The minimum atomic E-state index is -1.24. The largest absolute Gasteiger partial charge is 0.494 e. The monoisotopic (exact) mass is 518 g/mol. The van der Waals surface area contributed by atoms with Gasteiger partial charge < -0.3 is 24.3 Å². The first-order valence-corrected chi connectivity index (χ1v) is 12.8. The summed E-state index contributed by atoms with van der Waals surface area (Å²) in [5, 5.41) is 3.00. The Morgan fingerprint density at radius 1 is 1.08 bits per heavy atom. The number of esters is 1. The summed E-state index contributed by atoms with van der Waals surface area (Å²) in [7, 11) is 1.24. The van der Waals surface area contributed by atoms with Gasteiger partial charge in [0, 0.05) is 13.1 Å². The summed E-state index contributed by atoms with van der Waals surface area (Å²) in [6.45, 7) is 7.10. The normalized spacial score (nSPS) is 16.6. The van der Waals surface area contributed by atoms with Crippen LogP contribution in [0, 0.1) is 6.92 Å². The number of hydrogen-bond acceptors (Lipinski definition) is 6. The molecule has 0 aliphatic carbocycles. The molecule has 1 aromatic heterocycles. The van der Waals surface area contributed by atoms with Crippen LogP contribution in [0.1, 0.15) is 64.4 Å². The second-order valence-electron chi connectivity index (χ2n) is 9.74. The van der Waals surface area contributed by atoms with Gasteiger partial charge in [0.05, 0.1) is 26.6 Å². The van der Waals surface area contributed by atoms with Gasteiger partial charge in [0.25, 0.3) is 5.91 Å². The van der Waals surface area contributed by atoms with Crippen LogP contribution < -0.4 is 10.1 Å². The van der Waals surface area contributed by atoms with Crippen LogP contribution in [-0.2, 0) is 29.2 Å². The lowest BCUT2D eigenvalue weighted by molar-refractivity contribution is -0.133. The molecule has 1 N–H and O–H groups in total. The number of fused-ring (bicyclic) bond motifs is 1. The molecule has 2 heterocycles. The number of carbonyl (C=O) groups excluding carboxylic acids is 3. The van der Waals surface area contributed by atoms with Crippen molar-refractivity contribution in [2.24, 2.45) is 0 Å². The molecule has 0 bridgehead atoms. The highest BCUT2D eigenvalue weighted by molar-refractivity contribution is 6.06. The zero-order valence-corrected chi connectivity index (χ0v) is 22.3. The molecule has 0 saturated carbocycles. The van der Waals surface area contributed by atoms with Gasteiger partial charge in [0.2, 0.25) is 5.91 Å². The lowest BCUT2D eigenvalue weighted by atomic mass is 9.93. The molecule has 2 amide bonds. The number of amides is 2. The molecule has 0 spiro atoms. The summed E-state index contributed by atoms with van der Waals surface area (Å²) in [4.78, 5) is 45.5. The van der Waals surface area contributed by atoms with Gasteiger partial charge in [0.15, 0.2) is 5.69 Å². The molecule has 1 aliphatic heterocycles. The van der Waals surface area contributed by atoms with Crippen molar-refractivity contribution in [1.29, 1.82) is 0 Å². The van der Waals surface area contributed by atoms with Gasteiger partial charge in [-0.15, -0.1) is 0 Å². The molecule has 9 heteroatoms. The number of carbonyl (C=O) groups is 3. The van der Waals surface area contributed by atoms with Crippen LogP contribution in [0.2, 0.25) is 0 Å². The number of nitrogens with zero attached hydrogens (tertiary/aromatic N) is 3. The Morgan fingerprint density at radius 2 is 1.76 bits per heavy atom. The Labute approximate surface area is 222 Å². The molecule has 0 fully saturated rings. The third kappa shape index (κ3) is 5.56. The van der Waals surface area contributed by atoms with Crippen molar-refractivity contribution in [2.45, 2.75) is 58.8 Å². The molecule has 0 saturated heterocycles. The highest BCUT2D eigenvalue weighted by Crippen LogP contribution is 2.31. The lowest BCUT2D eigenvalue weighted by Gasteiger charge is -2.43. The number of imidazole rings is 1. The van der Waals surface area contributed by atoms with Gasteiger partial charge in [-0.1, -0.05) is 55.3 Å². The summed E-state index contributed by atoms with van der Waals surface area (Å²) in [5.74, 6) is -0.722. The van der Waals surface area contributed by atoms with Crippen LogP contribution in [0.4, 0.5) is 0 Å². The predicted octanol–water partition coefficient (Wildman–Crippen LogP) is 3.89. The Hall–Kier alpha value is -4.14. The first kappa shape index (κ1) is 26.9. The van der Waals surface area contributed by atoms with Gasteiger partial charge in [-0.2, -0.15) is 0 Å². The Morgan fingerprint density at radius 3 is 2.42 bits per heavy atom. The van der Waals surface area contributed by atoms with E-state index >= 15 is 0 Å². The zero-order chi connectivity index (χ0) is 27.3. The average Bonchev–Trinajstić information content (AvgIpc) is 3.34. The van der Waals surface area contributed by atoms with Crippen molar-refractivity contribution in [3.8, 4) is 5.75 Å². The Bertz CT molecular complexity index is 1300. The number of methoxy groups -OCH3 is 1. The Kier molecular flexibility index (Phi) is 8.14. The summed E-state index contributed by atoms with van der Waals surface area (Å²) >= 11 is 0. The molecule has 1 unspecified atom stereocenters. The third-order valence-corrected chi connectivity index (χ3v) is 6.83. The van der Waals surface area contributed by atoms with Gasteiger partial charge in [-0.05, 0) is 43.5 Å². The predicted molar refractivity (Wildman–Crippen MR) is 142 cm³/mol. The van der Waals surface area contributed by atoms with Crippen molar-refractivity contribution >= 4 is 17.8 Å². The Balaban J connectivity index is 1.62. The van der Waals surface area contributed by atoms with Gasteiger partial charge in [-0.3, -0.25) is 9.59 Å². The van der Waals surface area contributed by atoms with Crippen molar-refractivity contribution < 1.29 is 23.9 Å². The van der Waals surface area contributed by atoms with Gasteiger partial charge in [0.1, 0.15) is 17.0 Å². The minimum absolute atomic E-state index is 0.0655. The topological polar surface area (TPSA) is 103 Å². The van der Waals surface area contributed by atoms with Gasteiger partial charge in [-0.25, -0.2) is 9.78 Å². The number of rotatable bonds is 10. The molecular formula is C29H34N4O5. The highest BCUT2D eigenvalue weighted by atomic mass is 16.5. The van der Waals surface area contributed by atoms with Crippen molar-refractivity contribution in [3.63, 3.8) is 0 Å². The maximum Gasteiger partial charge on any atom is 0.359 e. The van der Waals surface area contributed by atoms with E-state index in [4.69, 9.17) is 9.47 Å². The highest BCUT2D eigenvalue weighted by Gasteiger charge is 2.48. The van der Waals surface area contributed by atoms with E-state index < -0.39 is 17.4 Å². The number of aryl methyl sites for hydroxylation is 1. The summed E-state index contributed by atoms with van der Waals surface area (Å²) < 4.78 is 12.1. The average molecular weight is 519 g/mol. The summed E-state index contributed by atoms with van der Waals surface area (Å²) in [6, 6.07) is 15.4. The van der Waals surface area contributed by atoms with Crippen LogP contribution in [0.25, 0.3) is 0 Å². The summed E-state index contributed by atoms with van der Waals surface area (Å²) in [5.41, 5.74) is 1.72. The van der Waals surface area contributed by atoms with Crippen LogP contribution in [-0.4, -0.2) is 51.5 Å². The SMILES string of the molecule is CCCCOc1ccc(CN2C(=O)c3c(C(=O)OC)ncn3CC2(C)C(=O)NCc2ccc(C)cc2)cc1. The smallest absolute Gasteiger partial charge is 0.359 e. The van der Waals surface area contributed by atoms with Crippen LogP contribution in [0.15, 0.2) is 54.9 Å². The molecule has 1 atom stereocenters. The van der Waals surface area contributed by atoms with E-state index in [-0.39, 0.29) is 30.4 Å². The van der Waals surface area contributed by atoms with E-state index in [0.717, 1.165) is 35.3 Å². The quantitative estimate of drug-likeness (QED) is 0.323. The number of benzene rings is 2. The molecule has 200 valence electrons. The first-order valence-electron chi connectivity index (χ1n) is 12.8. The van der Waals surface area contributed by atoms with E-state index in [9.17, 15) is 14.4 Å². The molecule has 1 aliphatic rings. The van der Waals surface area contributed by atoms with E-state index in [1.54, 1.807) is 11.5 Å². The second-order valence-corrected chi connectivity index (χ2v) is 9.74. The molecule has 0 radical (unpaired) electrons. The van der Waals surface area contributed by atoms with E-state index in [0.29, 0.717) is 13.2 Å². The number of aromatic nitrogens is 2. The number of unbranched alkanes of at least 4 members (excludes halogenated alkanes) is 1. The van der Waals surface area contributed by atoms with Gasteiger partial charge >= 0.3 is 5.97 Å². The molecule has 3 aromatic rings. The minimum Gasteiger partial charge on any atom is -0.494 e. The number of nitrogens with one attached hydrogen (secondary N) is 1.